The molecule has 5 nitrogen and oxygen atoms in total. The predicted octanol–water partition coefficient (Wildman–Crippen LogP) is 0.773. The maximum Gasteiger partial charge on any atom is 0.245 e. The predicted molar refractivity (Wildman–Crippen MR) is 69.6 cm³/mol. The Morgan fingerprint density at radius 1 is 1.33 bits per heavy atom. The zero-order valence-electron chi connectivity index (χ0n) is 10.5. The monoisotopic (exact) mass is 243 g/mol. The number of aromatic nitrogens is 3. The van der Waals surface area contributed by atoms with Gasteiger partial charge in [0.05, 0.1) is 0 Å². The van der Waals surface area contributed by atoms with E-state index in [0.717, 1.165) is 43.1 Å². The molecular formula is C13H17N5. The van der Waals surface area contributed by atoms with E-state index in [2.05, 4.69) is 27.2 Å². The van der Waals surface area contributed by atoms with Gasteiger partial charge in [-0.1, -0.05) is 6.07 Å². The first kappa shape index (κ1) is 10.3. The number of nitrogens with zero attached hydrogens (tertiary/aromatic N) is 4. The third kappa shape index (κ3) is 1.37. The lowest BCUT2D eigenvalue weighted by molar-refractivity contribution is 0.471. The average molecular weight is 243 g/mol. The number of hydrogen-bond acceptors (Lipinski definition) is 4. The van der Waals surface area contributed by atoms with Crippen LogP contribution in [0.2, 0.25) is 0 Å². The van der Waals surface area contributed by atoms with Crippen LogP contribution in [0, 0.1) is 11.8 Å². The Kier molecular flexibility index (Phi) is 2.11. The van der Waals surface area contributed by atoms with Crippen LogP contribution in [0.15, 0.2) is 24.4 Å². The zero-order valence-corrected chi connectivity index (χ0v) is 10.5. The smallest absolute Gasteiger partial charge is 0.245 e. The van der Waals surface area contributed by atoms with Crippen LogP contribution in [0.25, 0.3) is 5.65 Å². The molecule has 5 heteroatoms. The van der Waals surface area contributed by atoms with E-state index in [1.54, 1.807) is 0 Å². The first-order valence-electron chi connectivity index (χ1n) is 6.62. The van der Waals surface area contributed by atoms with Crippen molar-refractivity contribution in [2.75, 3.05) is 24.5 Å². The number of anilines is 1. The zero-order chi connectivity index (χ0) is 12.1. The Balaban J connectivity index is 1.71. The standard InChI is InChI=1S/C13H17N5/c1-9-11-7-14-6-10(11)8-17(9)13-15-12-4-2-3-5-18(12)16-13/h2-5,9-11,14H,6-8H2,1H3. The van der Waals surface area contributed by atoms with E-state index < -0.39 is 0 Å². The number of rotatable bonds is 1. The first-order chi connectivity index (χ1) is 8.83. The summed E-state index contributed by atoms with van der Waals surface area (Å²) in [6, 6.07) is 6.51. The minimum Gasteiger partial charge on any atom is -0.336 e. The molecule has 2 aromatic rings. The van der Waals surface area contributed by atoms with E-state index in [-0.39, 0.29) is 0 Å². The van der Waals surface area contributed by atoms with E-state index in [4.69, 9.17) is 0 Å². The van der Waals surface area contributed by atoms with E-state index in [0.29, 0.717) is 6.04 Å². The van der Waals surface area contributed by atoms with Crippen LogP contribution in [-0.2, 0) is 0 Å². The molecule has 0 radical (unpaired) electrons. The van der Waals surface area contributed by atoms with E-state index in [1.807, 2.05) is 28.9 Å². The summed E-state index contributed by atoms with van der Waals surface area (Å²) in [5.74, 6) is 2.38. The molecule has 3 atom stereocenters. The summed E-state index contributed by atoms with van der Waals surface area (Å²) in [6.07, 6.45) is 1.95. The number of pyridine rings is 1. The molecule has 2 fully saturated rings. The second-order valence-electron chi connectivity index (χ2n) is 5.39. The molecule has 1 N–H and O–H groups in total. The number of nitrogens with one attached hydrogen (secondary N) is 1. The van der Waals surface area contributed by atoms with Crippen LogP contribution in [0.4, 0.5) is 5.95 Å². The molecule has 94 valence electrons. The second kappa shape index (κ2) is 3.68. The lowest BCUT2D eigenvalue weighted by Gasteiger charge is -2.22. The molecule has 0 aromatic carbocycles. The van der Waals surface area contributed by atoms with Gasteiger partial charge in [-0.15, -0.1) is 5.10 Å². The van der Waals surface area contributed by atoms with Crippen LogP contribution in [0.1, 0.15) is 6.92 Å². The van der Waals surface area contributed by atoms with Crippen LogP contribution in [0.3, 0.4) is 0 Å². The maximum absolute atomic E-state index is 4.63. The Labute approximate surface area is 106 Å². The highest BCUT2D eigenvalue weighted by atomic mass is 15.4. The molecule has 4 heterocycles. The normalized spacial score (nSPS) is 31.2. The minimum absolute atomic E-state index is 0.530. The molecule has 2 aliphatic rings. The van der Waals surface area contributed by atoms with Gasteiger partial charge >= 0.3 is 0 Å². The Hall–Kier alpha value is -1.62. The van der Waals surface area contributed by atoms with E-state index >= 15 is 0 Å². The van der Waals surface area contributed by atoms with Gasteiger partial charge < -0.3 is 10.2 Å². The molecule has 2 aromatic heterocycles. The van der Waals surface area contributed by atoms with Gasteiger partial charge in [0.2, 0.25) is 5.95 Å². The summed E-state index contributed by atoms with van der Waals surface area (Å²) >= 11 is 0. The fourth-order valence-corrected chi connectivity index (χ4v) is 3.37. The van der Waals surface area contributed by atoms with Crippen LogP contribution in [0.5, 0.6) is 0 Å². The van der Waals surface area contributed by atoms with E-state index in [9.17, 15) is 0 Å². The van der Waals surface area contributed by atoms with Gasteiger partial charge in [0.25, 0.3) is 0 Å². The van der Waals surface area contributed by atoms with Crippen LogP contribution in [-0.4, -0.2) is 40.3 Å². The molecule has 0 amide bonds. The first-order valence-corrected chi connectivity index (χ1v) is 6.62. The highest BCUT2D eigenvalue weighted by Crippen LogP contribution is 2.34. The molecule has 18 heavy (non-hydrogen) atoms. The fraction of sp³-hybridized carbons (Fsp3) is 0.538. The van der Waals surface area contributed by atoms with Gasteiger partial charge in [0.1, 0.15) is 0 Å². The largest absolute Gasteiger partial charge is 0.336 e. The molecular weight excluding hydrogens is 226 g/mol. The fourth-order valence-electron chi connectivity index (χ4n) is 3.37. The van der Waals surface area contributed by atoms with Gasteiger partial charge in [-0.05, 0) is 30.9 Å². The summed E-state index contributed by atoms with van der Waals surface area (Å²) in [7, 11) is 0. The maximum atomic E-state index is 4.63. The van der Waals surface area contributed by atoms with E-state index in [1.165, 1.54) is 0 Å². The Bertz CT molecular complexity index is 545. The van der Waals surface area contributed by atoms with Crippen molar-refractivity contribution in [1.82, 2.24) is 19.9 Å². The van der Waals surface area contributed by atoms with Crippen molar-refractivity contribution in [3.8, 4) is 0 Å². The van der Waals surface area contributed by atoms with Crippen LogP contribution >= 0.6 is 0 Å². The third-order valence-corrected chi connectivity index (χ3v) is 4.42. The van der Waals surface area contributed by atoms with Gasteiger partial charge in [-0.2, -0.15) is 4.98 Å². The summed E-state index contributed by atoms with van der Waals surface area (Å²) in [5.41, 5.74) is 0.926. The highest BCUT2D eigenvalue weighted by molar-refractivity contribution is 5.46. The van der Waals surface area contributed by atoms with Crippen molar-refractivity contribution in [3.05, 3.63) is 24.4 Å². The molecule has 2 saturated heterocycles. The quantitative estimate of drug-likeness (QED) is 0.803. The molecule has 0 spiro atoms. The van der Waals surface area contributed by atoms with Gasteiger partial charge in [0, 0.05) is 31.9 Å². The molecule has 0 bridgehead atoms. The second-order valence-corrected chi connectivity index (χ2v) is 5.39. The van der Waals surface area contributed by atoms with Gasteiger partial charge in [0.15, 0.2) is 5.65 Å². The SMILES string of the molecule is CC1C2CNCC2CN1c1nc2ccccn2n1. The molecule has 3 unspecified atom stereocenters. The van der Waals surface area contributed by atoms with Gasteiger partial charge in [-0.3, -0.25) is 0 Å². The molecule has 4 rings (SSSR count). The van der Waals surface area contributed by atoms with Crippen molar-refractivity contribution in [1.29, 1.82) is 0 Å². The highest BCUT2D eigenvalue weighted by Gasteiger charge is 2.43. The Morgan fingerprint density at radius 3 is 3.11 bits per heavy atom. The molecule has 0 saturated carbocycles. The number of hydrogen-bond donors (Lipinski definition) is 1. The summed E-state index contributed by atoms with van der Waals surface area (Å²) in [4.78, 5) is 6.99. The summed E-state index contributed by atoms with van der Waals surface area (Å²) in [5, 5.41) is 8.06. The lowest BCUT2D eigenvalue weighted by Crippen LogP contribution is -2.33. The lowest BCUT2D eigenvalue weighted by atomic mass is 9.95. The number of fused-ring (bicyclic) bond motifs is 2. The van der Waals surface area contributed by atoms with Crippen molar-refractivity contribution < 1.29 is 0 Å². The molecule has 0 aliphatic carbocycles. The average Bonchev–Trinajstić information content (AvgIpc) is 3.04. The summed E-state index contributed by atoms with van der Waals surface area (Å²) < 4.78 is 1.86. The van der Waals surface area contributed by atoms with Gasteiger partial charge in [-0.25, -0.2) is 4.52 Å². The van der Waals surface area contributed by atoms with Crippen molar-refractivity contribution >= 4 is 11.6 Å². The third-order valence-electron chi connectivity index (χ3n) is 4.42. The van der Waals surface area contributed by atoms with Crippen LogP contribution < -0.4 is 10.2 Å². The topological polar surface area (TPSA) is 45.5 Å². The summed E-state index contributed by atoms with van der Waals surface area (Å²) in [6.45, 7) is 5.65. The van der Waals surface area contributed by atoms with Crippen molar-refractivity contribution in [2.24, 2.45) is 11.8 Å². The van der Waals surface area contributed by atoms with Crippen molar-refractivity contribution in [2.45, 2.75) is 13.0 Å². The molecule has 2 aliphatic heterocycles. The Morgan fingerprint density at radius 2 is 2.28 bits per heavy atom. The minimum atomic E-state index is 0.530. The van der Waals surface area contributed by atoms with Crippen molar-refractivity contribution in [3.63, 3.8) is 0 Å².